The molecule has 0 N–H and O–H groups in total. The lowest BCUT2D eigenvalue weighted by Crippen LogP contribution is -2.43. The normalized spacial score (nSPS) is 18.3. The van der Waals surface area contributed by atoms with Crippen LogP contribution in [-0.2, 0) is 24.1 Å². The third-order valence-corrected chi connectivity index (χ3v) is 9.59. The molecule has 190 valence electrons. The van der Waals surface area contributed by atoms with Crippen LogP contribution in [0.25, 0.3) is 0 Å². The van der Waals surface area contributed by atoms with E-state index in [1.54, 1.807) is 20.8 Å². The minimum atomic E-state index is -4.06. The first-order valence-corrected chi connectivity index (χ1v) is 13.6. The number of rotatable bonds is 6. The van der Waals surface area contributed by atoms with Gasteiger partial charge < -0.3 is 9.64 Å². The van der Waals surface area contributed by atoms with E-state index in [-0.39, 0.29) is 54.9 Å². The fourth-order valence-corrected chi connectivity index (χ4v) is 6.78. The van der Waals surface area contributed by atoms with Gasteiger partial charge in [0.1, 0.15) is 22.1 Å². The standard InChI is InChI=1S/C26H30ClF2NO4S/c1-25(2,3)24(31)30(16-17-4-5-17)23-21(28)14-18(15-22(23)29)26(10-12-34-13-11-26)35(32,33)20-8-6-19(27)7-9-20/h6-9,14-15,17H,4-5,10-13,16H2,1-3H3. The summed E-state index contributed by atoms with van der Waals surface area (Å²) in [7, 11) is -4.06. The number of carbonyl (C=O) groups is 1. The van der Waals surface area contributed by atoms with Crippen molar-refractivity contribution in [2.24, 2.45) is 11.3 Å². The van der Waals surface area contributed by atoms with Crippen molar-refractivity contribution in [1.29, 1.82) is 0 Å². The second kappa shape index (κ2) is 9.45. The average Bonchev–Trinajstić information content (AvgIpc) is 3.61. The van der Waals surface area contributed by atoms with Gasteiger partial charge in [-0.05, 0) is 73.6 Å². The summed E-state index contributed by atoms with van der Waals surface area (Å²) >= 11 is 5.94. The third kappa shape index (κ3) is 4.98. The Morgan fingerprint density at radius 2 is 1.63 bits per heavy atom. The van der Waals surface area contributed by atoms with Crippen molar-refractivity contribution in [2.45, 2.75) is 56.1 Å². The Balaban J connectivity index is 1.83. The van der Waals surface area contributed by atoms with Gasteiger partial charge in [-0.3, -0.25) is 4.79 Å². The lowest BCUT2D eigenvalue weighted by molar-refractivity contribution is -0.125. The maximum atomic E-state index is 15.7. The summed E-state index contributed by atoms with van der Waals surface area (Å²) < 4.78 is 62.9. The molecular weight excluding hydrogens is 496 g/mol. The van der Waals surface area contributed by atoms with Crippen LogP contribution in [-0.4, -0.2) is 34.1 Å². The highest BCUT2D eigenvalue weighted by molar-refractivity contribution is 7.92. The van der Waals surface area contributed by atoms with Crippen LogP contribution in [0, 0.1) is 23.0 Å². The van der Waals surface area contributed by atoms with Crippen molar-refractivity contribution in [3.8, 4) is 0 Å². The molecule has 2 fully saturated rings. The number of anilines is 1. The molecule has 1 heterocycles. The number of amides is 1. The van der Waals surface area contributed by atoms with Crippen LogP contribution < -0.4 is 4.90 Å². The number of nitrogens with zero attached hydrogens (tertiary/aromatic N) is 1. The van der Waals surface area contributed by atoms with E-state index in [1.165, 1.54) is 29.2 Å². The van der Waals surface area contributed by atoms with Crippen molar-refractivity contribution >= 4 is 33.0 Å². The molecule has 0 spiro atoms. The molecule has 2 aromatic carbocycles. The summed E-state index contributed by atoms with van der Waals surface area (Å²) in [5.41, 5.74) is -1.25. The Labute approximate surface area is 210 Å². The molecular formula is C26H30ClF2NO4S. The van der Waals surface area contributed by atoms with Crippen molar-refractivity contribution in [2.75, 3.05) is 24.7 Å². The van der Waals surface area contributed by atoms with E-state index in [2.05, 4.69) is 0 Å². The number of hydrogen-bond donors (Lipinski definition) is 0. The van der Waals surface area contributed by atoms with E-state index in [0.717, 1.165) is 25.0 Å². The topological polar surface area (TPSA) is 63.7 Å². The zero-order valence-electron chi connectivity index (χ0n) is 20.1. The Hall–Kier alpha value is -2.03. The molecule has 9 heteroatoms. The molecule has 0 bridgehead atoms. The van der Waals surface area contributed by atoms with Crippen LogP contribution in [0.5, 0.6) is 0 Å². The number of hydrogen-bond acceptors (Lipinski definition) is 4. The second-order valence-corrected chi connectivity index (χ2v) is 13.2. The van der Waals surface area contributed by atoms with Crippen LogP contribution in [0.4, 0.5) is 14.5 Å². The first-order valence-electron chi connectivity index (χ1n) is 11.8. The van der Waals surface area contributed by atoms with E-state index in [4.69, 9.17) is 16.3 Å². The molecule has 0 radical (unpaired) electrons. The van der Waals surface area contributed by atoms with E-state index < -0.39 is 37.3 Å². The van der Waals surface area contributed by atoms with Gasteiger partial charge in [-0.25, -0.2) is 17.2 Å². The van der Waals surface area contributed by atoms with Gasteiger partial charge in [0.05, 0.1) is 4.90 Å². The number of benzene rings is 2. The average molecular weight is 526 g/mol. The first kappa shape index (κ1) is 26.0. The maximum Gasteiger partial charge on any atom is 0.232 e. The fourth-order valence-electron chi connectivity index (χ4n) is 4.58. The summed E-state index contributed by atoms with van der Waals surface area (Å²) in [5, 5.41) is 0.380. The Morgan fingerprint density at radius 1 is 1.09 bits per heavy atom. The monoisotopic (exact) mass is 525 g/mol. The molecule has 1 aliphatic heterocycles. The van der Waals surface area contributed by atoms with Crippen molar-refractivity contribution < 1.29 is 26.7 Å². The molecule has 0 aromatic heterocycles. The van der Waals surface area contributed by atoms with Gasteiger partial charge in [0.2, 0.25) is 5.91 Å². The van der Waals surface area contributed by atoms with Gasteiger partial charge in [0.15, 0.2) is 9.84 Å². The van der Waals surface area contributed by atoms with Gasteiger partial charge in [0, 0.05) is 30.2 Å². The van der Waals surface area contributed by atoms with Crippen molar-refractivity contribution in [1.82, 2.24) is 0 Å². The third-order valence-electron chi connectivity index (χ3n) is 6.78. The quantitative estimate of drug-likeness (QED) is 0.472. The smallest absolute Gasteiger partial charge is 0.232 e. The molecule has 5 nitrogen and oxygen atoms in total. The van der Waals surface area contributed by atoms with Gasteiger partial charge in [-0.2, -0.15) is 0 Å². The zero-order chi connectivity index (χ0) is 25.6. The predicted octanol–water partition coefficient (Wildman–Crippen LogP) is 5.89. The van der Waals surface area contributed by atoms with E-state index >= 15 is 8.78 Å². The molecule has 2 aliphatic rings. The summed E-state index contributed by atoms with van der Waals surface area (Å²) in [6.45, 7) is 5.60. The highest BCUT2D eigenvalue weighted by Crippen LogP contribution is 2.46. The number of ether oxygens (including phenoxy) is 1. The van der Waals surface area contributed by atoms with Crippen LogP contribution >= 0.6 is 11.6 Å². The Kier molecular flexibility index (Phi) is 7.03. The number of carbonyl (C=O) groups excluding carboxylic acids is 1. The van der Waals surface area contributed by atoms with Gasteiger partial charge in [-0.1, -0.05) is 32.4 Å². The summed E-state index contributed by atoms with van der Waals surface area (Å²) in [6.07, 6.45) is 1.89. The lowest BCUT2D eigenvalue weighted by atomic mass is 9.89. The molecule has 35 heavy (non-hydrogen) atoms. The molecule has 1 saturated heterocycles. The van der Waals surface area contributed by atoms with Gasteiger partial charge in [-0.15, -0.1) is 0 Å². The molecule has 1 aliphatic carbocycles. The Bertz CT molecular complexity index is 1190. The fraction of sp³-hybridized carbons (Fsp3) is 0.500. The molecule has 1 saturated carbocycles. The minimum Gasteiger partial charge on any atom is -0.381 e. The van der Waals surface area contributed by atoms with E-state index in [1.807, 2.05) is 0 Å². The molecule has 1 amide bonds. The highest BCUT2D eigenvalue weighted by Gasteiger charge is 2.48. The van der Waals surface area contributed by atoms with Crippen molar-refractivity contribution in [3.63, 3.8) is 0 Å². The highest BCUT2D eigenvalue weighted by atomic mass is 35.5. The van der Waals surface area contributed by atoms with E-state index in [0.29, 0.717) is 5.02 Å². The van der Waals surface area contributed by atoms with Crippen LogP contribution in [0.3, 0.4) is 0 Å². The number of sulfone groups is 1. The minimum absolute atomic E-state index is 0.0177. The lowest BCUT2D eigenvalue weighted by Gasteiger charge is -2.38. The molecule has 0 atom stereocenters. The summed E-state index contributed by atoms with van der Waals surface area (Å²) in [6, 6.07) is 7.89. The first-order chi connectivity index (χ1) is 16.4. The van der Waals surface area contributed by atoms with Crippen molar-refractivity contribution in [3.05, 3.63) is 58.6 Å². The van der Waals surface area contributed by atoms with Crippen LogP contribution in [0.1, 0.15) is 52.0 Å². The largest absolute Gasteiger partial charge is 0.381 e. The predicted molar refractivity (Wildman–Crippen MR) is 131 cm³/mol. The number of halogens is 3. The second-order valence-electron chi connectivity index (χ2n) is 10.5. The van der Waals surface area contributed by atoms with Gasteiger partial charge >= 0.3 is 0 Å². The van der Waals surface area contributed by atoms with E-state index in [9.17, 15) is 13.2 Å². The van der Waals surface area contributed by atoms with Gasteiger partial charge in [0.25, 0.3) is 0 Å². The van der Waals surface area contributed by atoms with Crippen LogP contribution in [0.15, 0.2) is 41.3 Å². The molecule has 4 rings (SSSR count). The Morgan fingerprint density at radius 3 is 2.11 bits per heavy atom. The molecule has 2 aromatic rings. The summed E-state index contributed by atoms with van der Waals surface area (Å²) in [5.74, 6) is -2.08. The van der Waals surface area contributed by atoms with Crippen LogP contribution in [0.2, 0.25) is 5.02 Å². The molecule has 0 unspecified atom stereocenters. The SMILES string of the molecule is CC(C)(C)C(=O)N(CC1CC1)c1c(F)cc(C2(S(=O)(=O)c3ccc(Cl)cc3)CCOCC2)cc1F. The zero-order valence-corrected chi connectivity index (χ0v) is 21.7. The summed E-state index contributed by atoms with van der Waals surface area (Å²) in [4.78, 5) is 14.3. The maximum absolute atomic E-state index is 15.7.